The number of carbonyl (C=O) groups excluding carboxylic acids is 1. The Labute approximate surface area is 86.6 Å². The lowest BCUT2D eigenvalue weighted by Crippen LogP contribution is -2.36. The number of nitrogens with zero attached hydrogens (tertiary/aromatic N) is 1. The van der Waals surface area contributed by atoms with Gasteiger partial charge in [0.2, 0.25) is 0 Å². The number of hydrogen-bond acceptors (Lipinski definition) is 3. The highest BCUT2D eigenvalue weighted by Gasteiger charge is 2.06. The van der Waals surface area contributed by atoms with Crippen LogP contribution < -0.4 is 5.32 Å². The lowest BCUT2D eigenvalue weighted by atomic mass is 10.3. The number of likely N-dealkylation sites (N-methyl/N-ethyl adjacent to an activating group) is 1. The van der Waals surface area contributed by atoms with Crippen LogP contribution in [0.5, 0.6) is 0 Å². The van der Waals surface area contributed by atoms with Crippen molar-refractivity contribution in [1.82, 2.24) is 10.2 Å². The van der Waals surface area contributed by atoms with Gasteiger partial charge in [0.25, 0.3) is 0 Å². The maximum atomic E-state index is 11.1. The summed E-state index contributed by atoms with van der Waals surface area (Å²) < 4.78 is 4.92. The fourth-order valence-electron chi connectivity index (χ4n) is 0.848. The van der Waals surface area contributed by atoms with Gasteiger partial charge < -0.3 is 15.0 Å². The monoisotopic (exact) mass is 202 g/mol. The second-order valence-corrected chi connectivity index (χ2v) is 3.96. The molecule has 0 rings (SSSR count). The van der Waals surface area contributed by atoms with Crippen LogP contribution in [0, 0.1) is 0 Å². The molecule has 0 radical (unpaired) electrons. The summed E-state index contributed by atoms with van der Waals surface area (Å²) in [5.41, 5.74) is 0. The van der Waals surface area contributed by atoms with E-state index in [-0.39, 0.29) is 12.2 Å². The lowest BCUT2D eigenvalue weighted by Gasteiger charge is -2.20. The largest absolute Gasteiger partial charge is 0.447 e. The van der Waals surface area contributed by atoms with Crippen LogP contribution in [-0.4, -0.2) is 43.3 Å². The Morgan fingerprint density at radius 1 is 1.36 bits per heavy atom. The van der Waals surface area contributed by atoms with Crippen molar-refractivity contribution in [2.45, 2.75) is 39.8 Å². The van der Waals surface area contributed by atoms with Gasteiger partial charge in [0, 0.05) is 19.1 Å². The summed E-state index contributed by atoms with van der Waals surface area (Å²) in [5, 5.41) is 2.70. The zero-order valence-corrected chi connectivity index (χ0v) is 9.83. The van der Waals surface area contributed by atoms with Crippen LogP contribution in [0.15, 0.2) is 0 Å². The highest BCUT2D eigenvalue weighted by Crippen LogP contribution is 1.92. The molecule has 4 heteroatoms. The second kappa shape index (κ2) is 6.65. The Bertz CT molecular complexity index is 170. The molecule has 0 aliphatic heterocycles. The average molecular weight is 202 g/mol. The minimum Gasteiger partial charge on any atom is -0.447 e. The summed E-state index contributed by atoms with van der Waals surface area (Å²) in [6, 6.07) is 0.498. The van der Waals surface area contributed by atoms with Crippen molar-refractivity contribution in [2.75, 3.05) is 20.1 Å². The number of nitrogens with one attached hydrogen (secondary N) is 1. The molecule has 0 saturated carbocycles. The highest BCUT2D eigenvalue weighted by molar-refractivity contribution is 5.67. The Kier molecular flexibility index (Phi) is 6.28. The van der Waals surface area contributed by atoms with Crippen LogP contribution in [-0.2, 0) is 4.74 Å². The van der Waals surface area contributed by atoms with Crippen molar-refractivity contribution in [1.29, 1.82) is 0 Å². The van der Waals surface area contributed by atoms with E-state index in [4.69, 9.17) is 4.74 Å². The molecule has 14 heavy (non-hydrogen) atoms. The van der Waals surface area contributed by atoms with E-state index in [0.29, 0.717) is 12.6 Å². The van der Waals surface area contributed by atoms with Crippen molar-refractivity contribution in [3.63, 3.8) is 0 Å². The van der Waals surface area contributed by atoms with Crippen molar-refractivity contribution in [3.8, 4) is 0 Å². The van der Waals surface area contributed by atoms with Crippen molar-refractivity contribution >= 4 is 6.09 Å². The smallest absolute Gasteiger partial charge is 0.407 e. The molecule has 0 spiro atoms. The molecule has 0 aromatic rings. The molecular weight excluding hydrogens is 180 g/mol. The topological polar surface area (TPSA) is 41.6 Å². The van der Waals surface area contributed by atoms with Crippen LogP contribution >= 0.6 is 0 Å². The van der Waals surface area contributed by atoms with Gasteiger partial charge in [-0.15, -0.1) is 0 Å². The quantitative estimate of drug-likeness (QED) is 0.734. The van der Waals surface area contributed by atoms with Gasteiger partial charge in [0.1, 0.15) is 0 Å². The molecule has 0 heterocycles. The van der Waals surface area contributed by atoms with Crippen LogP contribution in [0.4, 0.5) is 4.79 Å². The molecule has 0 aliphatic carbocycles. The van der Waals surface area contributed by atoms with E-state index >= 15 is 0 Å². The van der Waals surface area contributed by atoms with Crippen molar-refractivity contribution in [3.05, 3.63) is 0 Å². The minimum atomic E-state index is -0.336. The van der Waals surface area contributed by atoms with Crippen LogP contribution in [0.2, 0.25) is 0 Å². The predicted octanol–water partition coefficient (Wildman–Crippen LogP) is 1.46. The van der Waals surface area contributed by atoms with Crippen LogP contribution in [0.3, 0.4) is 0 Å². The first-order chi connectivity index (χ1) is 6.43. The van der Waals surface area contributed by atoms with Gasteiger partial charge in [-0.1, -0.05) is 0 Å². The second-order valence-electron chi connectivity index (χ2n) is 3.96. The number of hydrogen-bond donors (Lipinski definition) is 1. The summed E-state index contributed by atoms with van der Waals surface area (Å²) in [7, 11) is 2.03. The molecule has 0 bridgehead atoms. The first-order valence-electron chi connectivity index (χ1n) is 5.08. The predicted molar refractivity (Wildman–Crippen MR) is 57.4 cm³/mol. The molecule has 0 fully saturated rings. The molecule has 1 N–H and O–H groups in total. The summed E-state index contributed by atoms with van der Waals surface area (Å²) in [4.78, 5) is 13.2. The van der Waals surface area contributed by atoms with Crippen LogP contribution in [0.1, 0.15) is 27.7 Å². The third-order valence-electron chi connectivity index (χ3n) is 1.96. The lowest BCUT2D eigenvalue weighted by molar-refractivity contribution is 0.114. The molecule has 0 aromatic carbocycles. The van der Waals surface area contributed by atoms with E-state index in [0.717, 1.165) is 6.54 Å². The maximum Gasteiger partial charge on any atom is 0.407 e. The molecule has 84 valence electrons. The van der Waals surface area contributed by atoms with E-state index in [9.17, 15) is 4.79 Å². The molecule has 0 unspecified atom stereocenters. The summed E-state index contributed by atoms with van der Waals surface area (Å²) in [6.07, 6.45) is -0.394. The molecule has 0 aromatic heterocycles. The summed E-state index contributed by atoms with van der Waals surface area (Å²) >= 11 is 0. The van der Waals surface area contributed by atoms with E-state index in [1.807, 2.05) is 20.9 Å². The van der Waals surface area contributed by atoms with Crippen molar-refractivity contribution < 1.29 is 9.53 Å². The van der Waals surface area contributed by atoms with E-state index in [1.54, 1.807) is 0 Å². The molecule has 0 saturated heterocycles. The zero-order chi connectivity index (χ0) is 11.1. The first-order valence-corrected chi connectivity index (χ1v) is 5.08. The summed E-state index contributed by atoms with van der Waals surface area (Å²) in [6.45, 7) is 9.36. The number of carbonyl (C=O) groups is 1. The normalized spacial score (nSPS) is 11.1. The van der Waals surface area contributed by atoms with Gasteiger partial charge >= 0.3 is 6.09 Å². The molecule has 4 nitrogen and oxygen atoms in total. The van der Waals surface area contributed by atoms with Crippen LogP contribution in [0.25, 0.3) is 0 Å². The van der Waals surface area contributed by atoms with Gasteiger partial charge in [-0.2, -0.15) is 0 Å². The highest BCUT2D eigenvalue weighted by atomic mass is 16.6. The fraction of sp³-hybridized carbons (Fsp3) is 0.900. The van der Waals surface area contributed by atoms with E-state index in [2.05, 4.69) is 24.1 Å². The number of ether oxygens (including phenoxy) is 1. The Morgan fingerprint density at radius 3 is 2.36 bits per heavy atom. The third-order valence-corrected chi connectivity index (χ3v) is 1.96. The molecule has 0 aliphatic rings. The molecule has 0 atom stereocenters. The Morgan fingerprint density at radius 2 is 1.93 bits per heavy atom. The van der Waals surface area contributed by atoms with Gasteiger partial charge in [0.15, 0.2) is 0 Å². The van der Waals surface area contributed by atoms with E-state index < -0.39 is 0 Å². The number of rotatable bonds is 5. The SMILES string of the molecule is CC(C)OC(=O)NCCN(C)C(C)C. The van der Waals surface area contributed by atoms with Gasteiger partial charge in [-0.3, -0.25) is 0 Å². The van der Waals surface area contributed by atoms with E-state index in [1.165, 1.54) is 0 Å². The van der Waals surface area contributed by atoms with Gasteiger partial charge in [-0.05, 0) is 34.7 Å². The average Bonchev–Trinajstić information content (AvgIpc) is 2.02. The third kappa shape index (κ3) is 6.71. The Balaban J connectivity index is 3.49. The fourth-order valence-corrected chi connectivity index (χ4v) is 0.848. The van der Waals surface area contributed by atoms with Gasteiger partial charge in [-0.25, -0.2) is 4.79 Å². The number of alkyl carbamates (subject to hydrolysis) is 1. The zero-order valence-electron chi connectivity index (χ0n) is 9.83. The van der Waals surface area contributed by atoms with Gasteiger partial charge in [0.05, 0.1) is 6.10 Å². The molecule has 1 amide bonds. The minimum absolute atomic E-state index is 0.0576. The molecular formula is C10H22N2O2. The maximum absolute atomic E-state index is 11.1. The standard InChI is InChI=1S/C10H22N2O2/c1-8(2)12(5)7-6-11-10(13)14-9(3)4/h8-9H,6-7H2,1-5H3,(H,11,13). The summed E-state index contributed by atoms with van der Waals surface area (Å²) in [5.74, 6) is 0. The van der Waals surface area contributed by atoms with Crippen molar-refractivity contribution in [2.24, 2.45) is 0 Å². The first kappa shape index (κ1) is 13.2. The Hall–Kier alpha value is -0.770. The number of amides is 1.